The van der Waals surface area contributed by atoms with Gasteiger partial charge in [0.15, 0.2) is 0 Å². The Balaban J connectivity index is 1.39. The number of benzene rings is 1. The maximum Gasteiger partial charge on any atom is 0.377 e. The summed E-state index contributed by atoms with van der Waals surface area (Å²) in [6.45, 7) is -2.02. The summed E-state index contributed by atoms with van der Waals surface area (Å²) in [5.41, 5.74) is 0. The quantitative estimate of drug-likeness (QED) is 0.523. The molecule has 2 aliphatic rings. The van der Waals surface area contributed by atoms with Gasteiger partial charge in [0.1, 0.15) is 25.0 Å². The zero-order valence-corrected chi connectivity index (χ0v) is 17.1. The van der Waals surface area contributed by atoms with Gasteiger partial charge in [0, 0.05) is 23.8 Å². The zero-order valence-electron chi connectivity index (χ0n) is 17.1. The molecular weight excluding hydrogens is 428 g/mol. The molecule has 1 aromatic carbocycles. The van der Waals surface area contributed by atoms with Crippen molar-refractivity contribution < 1.29 is 27.0 Å². The molecule has 1 aliphatic carbocycles. The molecule has 0 unspecified atom stereocenters. The van der Waals surface area contributed by atoms with Crippen LogP contribution < -0.4 is 9.64 Å². The van der Waals surface area contributed by atoms with Gasteiger partial charge in [-0.1, -0.05) is 18.2 Å². The van der Waals surface area contributed by atoms with Crippen molar-refractivity contribution in [2.45, 2.75) is 50.0 Å². The highest BCUT2D eigenvalue weighted by Gasteiger charge is 2.52. The van der Waals surface area contributed by atoms with E-state index in [0.29, 0.717) is 16.8 Å². The Kier molecular flexibility index (Phi) is 5.19. The fourth-order valence-corrected chi connectivity index (χ4v) is 4.45. The molecule has 1 saturated heterocycles. The van der Waals surface area contributed by atoms with Gasteiger partial charge in [-0.25, -0.2) is 4.98 Å². The fourth-order valence-electron chi connectivity index (χ4n) is 4.45. The molecule has 32 heavy (non-hydrogen) atoms. The smallest absolute Gasteiger partial charge is 0.377 e. The lowest BCUT2D eigenvalue weighted by Crippen LogP contribution is -2.55. The molecule has 0 bridgehead atoms. The number of hydrogen-bond donors (Lipinski definition) is 0. The van der Waals surface area contributed by atoms with Gasteiger partial charge in [0.05, 0.1) is 6.33 Å². The minimum Gasteiger partial charge on any atom is -0.474 e. The predicted molar refractivity (Wildman–Crippen MR) is 109 cm³/mol. The SMILES string of the molecule is FC1(F)CN(c2cc3ccccc3c(O[C@H]3CC[C@@H](n4ccnc4)CC3)n2)CC(F)(F)O1. The molecular formula is C22H22F4N4O2. The van der Waals surface area contributed by atoms with Crippen molar-refractivity contribution in [2.24, 2.45) is 0 Å². The van der Waals surface area contributed by atoms with E-state index in [9.17, 15) is 17.6 Å². The number of halogens is 4. The molecule has 10 heteroatoms. The maximum atomic E-state index is 13.8. The van der Waals surface area contributed by atoms with E-state index in [2.05, 4.69) is 19.3 Å². The molecule has 170 valence electrons. The van der Waals surface area contributed by atoms with Crippen LogP contribution >= 0.6 is 0 Å². The van der Waals surface area contributed by atoms with Gasteiger partial charge in [-0.05, 0) is 43.2 Å². The Bertz CT molecular complexity index is 1070. The molecule has 1 aliphatic heterocycles. The summed E-state index contributed by atoms with van der Waals surface area (Å²) in [7, 11) is 0. The van der Waals surface area contributed by atoms with Crippen molar-refractivity contribution in [3.8, 4) is 5.88 Å². The van der Waals surface area contributed by atoms with E-state index in [1.165, 1.54) is 6.07 Å². The number of rotatable bonds is 4. The van der Waals surface area contributed by atoms with Crippen LogP contribution in [0.2, 0.25) is 0 Å². The number of morpholine rings is 1. The number of hydrogen-bond acceptors (Lipinski definition) is 5. The van der Waals surface area contributed by atoms with Crippen molar-refractivity contribution in [2.75, 3.05) is 18.0 Å². The second-order valence-electron chi connectivity index (χ2n) is 8.30. The lowest BCUT2D eigenvalue weighted by molar-refractivity contribution is -0.380. The number of fused-ring (bicyclic) bond motifs is 1. The van der Waals surface area contributed by atoms with Crippen molar-refractivity contribution in [1.82, 2.24) is 14.5 Å². The third-order valence-corrected chi connectivity index (χ3v) is 5.93. The van der Waals surface area contributed by atoms with Crippen LogP contribution in [0.25, 0.3) is 10.8 Å². The van der Waals surface area contributed by atoms with E-state index in [1.54, 1.807) is 24.7 Å². The first-order valence-corrected chi connectivity index (χ1v) is 10.5. The molecule has 3 aromatic rings. The zero-order chi connectivity index (χ0) is 22.3. The summed E-state index contributed by atoms with van der Waals surface area (Å²) in [5, 5.41) is 1.39. The van der Waals surface area contributed by atoms with Crippen molar-refractivity contribution in [3.05, 3.63) is 49.1 Å². The second kappa shape index (κ2) is 7.91. The van der Waals surface area contributed by atoms with Gasteiger partial charge in [0.25, 0.3) is 0 Å². The average Bonchev–Trinajstić information content (AvgIpc) is 3.27. The molecule has 0 amide bonds. The van der Waals surface area contributed by atoms with Crippen molar-refractivity contribution >= 4 is 16.6 Å². The Morgan fingerprint density at radius 1 is 1.00 bits per heavy atom. The van der Waals surface area contributed by atoms with E-state index in [4.69, 9.17) is 4.74 Å². The van der Waals surface area contributed by atoms with Crippen LogP contribution in [0.1, 0.15) is 31.7 Å². The van der Waals surface area contributed by atoms with Crippen LogP contribution in [-0.4, -0.2) is 45.9 Å². The second-order valence-corrected chi connectivity index (χ2v) is 8.30. The van der Waals surface area contributed by atoms with Crippen LogP contribution in [-0.2, 0) is 4.74 Å². The number of aromatic nitrogens is 3. The highest BCUT2D eigenvalue weighted by molar-refractivity contribution is 5.89. The number of anilines is 1. The van der Waals surface area contributed by atoms with Crippen molar-refractivity contribution in [3.63, 3.8) is 0 Å². The predicted octanol–water partition coefficient (Wildman–Crippen LogP) is 5.02. The van der Waals surface area contributed by atoms with Crippen LogP contribution in [0, 0.1) is 0 Å². The molecule has 0 N–H and O–H groups in total. The molecule has 2 aromatic heterocycles. The summed E-state index contributed by atoms with van der Waals surface area (Å²) in [6, 6.07) is 9.08. The summed E-state index contributed by atoms with van der Waals surface area (Å²) in [6.07, 6.45) is 0.811. The first-order chi connectivity index (χ1) is 15.3. The molecule has 0 spiro atoms. The number of nitrogens with zero attached hydrogens (tertiary/aromatic N) is 4. The first-order valence-electron chi connectivity index (χ1n) is 10.5. The van der Waals surface area contributed by atoms with E-state index >= 15 is 0 Å². The monoisotopic (exact) mass is 450 g/mol. The number of imidazole rings is 1. The summed E-state index contributed by atoms with van der Waals surface area (Å²) < 4.78 is 67.0. The maximum absolute atomic E-state index is 13.8. The molecule has 1 saturated carbocycles. The van der Waals surface area contributed by atoms with Gasteiger partial charge in [-0.15, -0.1) is 0 Å². The molecule has 2 fully saturated rings. The van der Waals surface area contributed by atoms with Crippen LogP contribution in [0.15, 0.2) is 49.1 Å². The lowest BCUT2D eigenvalue weighted by atomic mass is 9.93. The van der Waals surface area contributed by atoms with E-state index in [0.717, 1.165) is 30.6 Å². The van der Waals surface area contributed by atoms with Gasteiger partial charge in [-0.3, -0.25) is 4.74 Å². The third-order valence-electron chi connectivity index (χ3n) is 5.93. The van der Waals surface area contributed by atoms with Crippen LogP contribution in [0.5, 0.6) is 5.88 Å². The molecule has 3 heterocycles. The Morgan fingerprint density at radius 2 is 1.72 bits per heavy atom. The van der Waals surface area contributed by atoms with Crippen LogP contribution in [0.4, 0.5) is 23.4 Å². The first kappa shape index (κ1) is 21.0. The normalized spacial score (nSPS) is 25.1. The molecule has 6 nitrogen and oxygen atoms in total. The van der Waals surface area contributed by atoms with Crippen LogP contribution in [0.3, 0.4) is 0 Å². The Morgan fingerprint density at radius 3 is 2.41 bits per heavy atom. The molecule has 5 rings (SSSR count). The summed E-state index contributed by atoms with van der Waals surface area (Å²) in [5.74, 6) is 0.274. The highest BCUT2D eigenvalue weighted by Crippen LogP contribution is 2.38. The molecule has 0 atom stereocenters. The van der Waals surface area contributed by atoms with Crippen molar-refractivity contribution in [1.29, 1.82) is 0 Å². The number of ether oxygens (including phenoxy) is 2. The van der Waals surface area contributed by atoms with Gasteiger partial charge < -0.3 is 14.2 Å². The highest BCUT2D eigenvalue weighted by atomic mass is 19.3. The fraction of sp³-hybridized carbons (Fsp3) is 0.455. The minimum absolute atomic E-state index is 0.00783. The summed E-state index contributed by atoms with van der Waals surface area (Å²) in [4.78, 5) is 9.33. The average molecular weight is 450 g/mol. The Labute approximate surface area is 181 Å². The molecule has 0 radical (unpaired) electrons. The standard InChI is InChI=1S/C22H22F4N4O2/c23-21(24)12-30(13-22(25,26)32-21)19-11-15-3-1-2-4-18(15)20(28-19)31-17-7-5-16(6-8-17)29-10-9-27-14-29/h1-4,9-11,14,16-17H,5-8,12-13H2/t16-,17+. The lowest BCUT2D eigenvalue weighted by Gasteiger charge is -2.37. The van der Waals surface area contributed by atoms with Gasteiger partial charge in [-0.2, -0.15) is 22.5 Å². The topological polar surface area (TPSA) is 52.4 Å². The summed E-state index contributed by atoms with van der Waals surface area (Å²) >= 11 is 0. The van der Waals surface area contributed by atoms with E-state index < -0.39 is 25.3 Å². The van der Waals surface area contributed by atoms with E-state index in [-0.39, 0.29) is 17.8 Å². The number of pyridine rings is 1. The minimum atomic E-state index is -3.98. The third kappa shape index (κ3) is 4.36. The Hall–Kier alpha value is -2.88. The van der Waals surface area contributed by atoms with E-state index in [1.807, 2.05) is 18.3 Å². The largest absolute Gasteiger partial charge is 0.474 e. The number of alkyl halides is 4. The van der Waals surface area contributed by atoms with Gasteiger partial charge >= 0.3 is 12.2 Å². The van der Waals surface area contributed by atoms with Gasteiger partial charge in [0.2, 0.25) is 5.88 Å².